The molecule has 0 spiro atoms. The van der Waals surface area contributed by atoms with Gasteiger partial charge in [-0.2, -0.15) is 0 Å². The second kappa shape index (κ2) is 5.48. The minimum absolute atomic E-state index is 0.0222. The molecule has 1 aliphatic rings. The van der Waals surface area contributed by atoms with Crippen molar-refractivity contribution in [1.82, 2.24) is 0 Å². The molecule has 0 amide bonds. The quantitative estimate of drug-likeness (QED) is 0.691. The third-order valence-corrected chi connectivity index (χ3v) is 2.99. The molecule has 3 N–H and O–H groups in total. The van der Waals surface area contributed by atoms with E-state index in [-0.39, 0.29) is 18.6 Å². The summed E-state index contributed by atoms with van der Waals surface area (Å²) in [7, 11) is 0. The first-order valence-electron chi connectivity index (χ1n) is 5.91. The molecule has 0 radical (unpaired) electrons. The fourth-order valence-corrected chi connectivity index (χ4v) is 1.86. The van der Waals surface area contributed by atoms with Crippen LogP contribution in [0.5, 0.6) is 0 Å². The minimum Gasteiger partial charge on any atom is -0.390 e. The fraction of sp³-hybridized carbons (Fsp3) is 0.462. The first kappa shape index (κ1) is 13.0. The smallest absolute Gasteiger partial charge is 0.159 e. The Kier molecular flexibility index (Phi) is 3.96. The van der Waals surface area contributed by atoms with Gasteiger partial charge in [-0.1, -0.05) is 0 Å². The van der Waals surface area contributed by atoms with E-state index in [1.807, 2.05) is 0 Å². The molecule has 5 nitrogen and oxygen atoms in total. The summed E-state index contributed by atoms with van der Waals surface area (Å²) in [5, 5.41) is 21.9. The van der Waals surface area contributed by atoms with Crippen LogP contribution in [-0.4, -0.2) is 41.0 Å². The van der Waals surface area contributed by atoms with Gasteiger partial charge in [0.1, 0.15) is 12.3 Å². The lowest BCUT2D eigenvalue weighted by molar-refractivity contribution is -0.112. The van der Waals surface area contributed by atoms with E-state index in [0.29, 0.717) is 12.0 Å². The summed E-state index contributed by atoms with van der Waals surface area (Å²) >= 11 is 0. The molecular formula is C13H17NO4. The van der Waals surface area contributed by atoms with Crippen molar-refractivity contribution in [3.8, 4) is 0 Å². The molecule has 0 saturated carbocycles. The van der Waals surface area contributed by atoms with Gasteiger partial charge in [0.15, 0.2) is 5.78 Å². The van der Waals surface area contributed by atoms with E-state index in [1.54, 1.807) is 24.3 Å². The topological polar surface area (TPSA) is 78.8 Å². The van der Waals surface area contributed by atoms with Crippen molar-refractivity contribution in [1.29, 1.82) is 0 Å². The number of hydrogen-bond acceptors (Lipinski definition) is 5. The molecule has 98 valence electrons. The first-order chi connectivity index (χ1) is 8.56. The van der Waals surface area contributed by atoms with Gasteiger partial charge in [0.2, 0.25) is 0 Å². The van der Waals surface area contributed by atoms with Crippen LogP contribution in [0.4, 0.5) is 5.69 Å². The second-order valence-electron chi connectivity index (χ2n) is 4.47. The van der Waals surface area contributed by atoms with E-state index in [1.165, 1.54) is 6.92 Å². The maximum absolute atomic E-state index is 11.1. The third-order valence-electron chi connectivity index (χ3n) is 2.99. The molecule has 5 heteroatoms. The van der Waals surface area contributed by atoms with Crippen LogP contribution < -0.4 is 5.32 Å². The number of nitrogens with one attached hydrogen (secondary N) is 1. The number of hydrogen-bond donors (Lipinski definition) is 3. The van der Waals surface area contributed by atoms with E-state index in [0.717, 1.165) is 5.69 Å². The highest BCUT2D eigenvalue weighted by Crippen LogP contribution is 2.18. The molecular weight excluding hydrogens is 234 g/mol. The number of rotatable bonds is 3. The number of Topliss-reactive ketones (excluding diaryl/α,β-unsaturated/α-hetero) is 1. The van der Waals surface area contributed by atoms with E-state index in [2.05, 4.69) is 5.32 Å². The monoisotopic (exact) mass is 251 g/mol. The Labute approximate surface area is 105 Å². The number of anilines is 1. The largest absolute Gasteiger partial charge is 0.390 e. The lowest BCUT2D eigenvalue weighted by atomic mass is 10.1. The van der Waals surface area contributed by atoms with Gasteiger partial charge in [0, 0.05) is 17.7 Å². The zero-order chi connectivity index (χ0) is 13.1. The Morgan fingerprint density at radius 3 is 2.50 bits per heavy atom. The number of carbonyl (C=O) groups excluding carboxylic acids is 1. The molecule has 1 aromatic carbocycles. The van der Waals surface area contributed by atoms with Crippen LogP contribution in [0, 0.1) is 0 Å². The average Bonchev–Trinajstić information content (AvgIpc) is 2.34. The van der Waals surface area contributed by atoms with E-state index >= 15 is 0 Å². The van der Waals surface area contributed by atoms with Gasteiger partial charge in [0.25, 0.3) is 0 Å². The summed E-state index contributed by atoms with van der Waals surface area (Å²) in [4.78, 5) is 11.1. The van der Waals surface area contributed by atoms with E-state index in [4.69, 9.17) is 4.74 Å². The highest BCUT2D eigenvalue weighted by molar-refractivity contribution is 5.94. The van der Waals surface area contributed by atoms with E-state index < -0.39 is 12.2 Å². The van der Waals surface area contributed by atoms with Crippen LogP contribution in [0.2, 0.25) is 0 Å². The van der Waals surface area contributed by atoms with Crippen LogP contribution >= 0.6 is 0 Å². The van der Waals surface area contributed by atoms with Crippen LogP contribution in [0.15, 0.2) is 24.3 Å². The zero-order valence-corrected chi connectivity index (χ0v) is 10.2. The van der Waals surface area contributed by atoms with Crippen LogP contribution in [-0.2, 0) is 4.74 Å². The van der Waals surface area contributed by atoms with Crippen molar-refractivity contribution >= 4 is 11.5 Å². The number of ketones is 1. The Bertz CT molecular complexity index is 418. The van der Waals surface area contributed by atoms with Crippen LogP contribution in [0.25, 0.3) is 0 Å². The third kappa shape index (κ3) is 3.07. The molecule has 0 bridgehead atoms. The van der Waals surface area contributed by atoms with Crippen LogP contribution in [0.3, 0.4) is 0 Å². The fourth-order valence-electron chi connectivity index (χ4n) is 1.86. The molecule has 3 atom stereocenters. The van der Waals surface area contributed by atoms with Crippen molar-refractivity contribution in [2.75, 3.05) is 11.9 Å². The first-order valence-corrected chi connectivity index (χ1v) is 5.91. The highest BCUT2D eigenvalue weighted by atomic mass is 16.5. The van der Waals surface area contributed by atoms with Gasteiger partial charge in [0.05, 0.1) is 12.7 Å². The number of aliphatic hydroxyl groups is 2. The Balaban J connectivity index is 1.95. The molecule has 1 aliphatic heterocycles. The van der Waals surface area contributed by atoms with Gasteiger partial charge in [-0.25, -0.2) is 0 Å². The van der Waals surface area contributed by atoms with Crippen molar-refractivity contribution in [2.45, 2.75) is 31.8 Å². The van der Waals surface area contributed by atoms with Gasteiger partial charge in [-0.3, -0.25) is 4.79 Å². The number of ether oxygens (including phenoxy) is 1. The van der Waals surface area contributed by atoms with Crippen LogP contribution in [0.1, 0.15) is 23.7 Å². The number of aliphatic hydroxyl groups excluding tert-OH is 2. The predicted molar refractivity (Wildman–Crippen MR) is 66.4 cm³/mol. The molecule has 2 rings (SSSR count). The lowest BCUT2D eigenvalue weighted by Gasteiger charge is -2.31. The SMILES string of the molecule is CC(=O)c1ccc(N[C@@H]2C[C@@H](O)[C@H](O)CO2)cc1. The lowest BCUT2D eigenvalue weighted by Crippen LogP contribution is -2.44. The summed E-state index contributed by atoms with van der Waals surface area (Å²) in [6, 6.07) is 7.05. The van der Waals surface area contributed by atoms with E-state index in [9.17, 15) is 15.0 Å². The molecule has 1 fully saturated rings. The standard InChI is InChI=1S/C13H17NO4/c1-8(15)9-2-4-10(5-3-9)14-13-6-11(16)12(17)7-18-13/h2-5,11-14,16-17H,6-7H2,1H3/t11-,12-,13+/m1/s1. The molecule has 1 saturated heterocycles. The second-order valence-corrected chi connectivity index (χ2v) is 4.47. The van der Waals surface area contributed by atoms with Gasteiger partial charge < -0.3 is 20.3 Å². The zero-order valence-electron chi connectivity index (χ0n) is 10.2. The van der Waals surface area contributed by atoms with Gasteiger partial charge >= 0.3 is 0 Å². The Hall–Kier alpha value is -1.43. The number of carbonyl (C=O) groups is 1. The van der Waals surface area contributed by atoms with Gasteiger partial charge in [-0.05, 0) is 31.2 Å². The molecule has 0 unspecified atom stereocenters. The molecule has 0 aliphatic carbocycles. The molecule has 18 heavy (non-hydrogen) atoms. The summed E-state index contributed by atoms with van der Waals surface area (Å²) in [5.74, 6) is 0.0222. The van der Waals surface area contributed by atoms with Crippen molar-refractivity contribution in [2.24, 2.45) is 0 Å². The normalized spacial score (nSPS) is 27.8. The maximum atomic E-state index is 11.1. The Morgan fingerprint density at radius 2 is 1.94 bits per heavy atom. The summed E-state index contributed by atoms with van der Waals surface area (Å²) in [6.45, 7) is 1.63. The summed E-state index contributed by atoms with van der Waals surface area (Å²) in [6.07, 6.45) is -1.59. The summed E-state index contributed by atoms with van der Waals surface area (Å²) in [5.41, 5.74) is 1.47. The summed E-state index contributed by atoms with van der Waals surface area (Å²) < 4.78 is 5.35. The van der Waals surface area contributed by atoms with Gasteiger partial charge in [-0.15, -0.1) is 0 Å². The van der Waals surface area contributed by atoms with Crippen molar-refractivity contribution in [3.05, 3.63) is 29.8 Å². The minimum atomic E-state index is -0.817. The predicted octanol–water partition coefficient (Wildman–Crippen LogP) is 0.769. The Morgan fingerprint density at radius 1 is 1.28 bits per heavy atom. The number of benzene rings is 1. The van der Waals surface area contributed by atoms with Crippen molar-refractivity contribution in [3.63, 3.8) is 0 Å². The molecule has 1 aromatic rings. The highest BCUT2D eigenvalue weighted by Gasteiger charge is 2.28. The molecule has 1 heterocycles. The average molecular weight is 251 g/mol. The van der Waals surface area contributed by atoms with Crippen molar-refractivity contribution < 1.29 is 19.7 Å². The molecule has 0 aromatic heterocycles. The maximum Gasteiger partial charge on any atom is 0.159 e.